The van der Waals surface area contributed by atoms with Crippen LogP contribution in [0.3, 0.4) is 0 Å². The number of unbranched alkanes of at least 4 members (excludes halogenated alkanes) is 2. The van der Waals surface area contributed by atoms with Crippen molar-refractivity contribution in [3.63, 3.8) is 0 Å². The summed E-state index contributed by atoms with van der Waals surface area (Å²) in [6.45, 7) is 2.42. The summed E-state index contributed by atoms with van der Waals surface area (Å²) in [5.41, 5.74) is -0.790. The fourth-order valence-corrected chi connectivity index (χ4v) is 1.18. The lowest BCUT2D eigenvalue weighted by Crippen LogP contribution is -1.95. The second-order valence-corrected chi connectivity index (χ2v) is 3.41. The molecule has 0 N–H and O–H groups in total. The number of carbonyl (C=O) groups excluding carboxylic acids is 1. The maximum atomic E-state index is 10.8. The number of carbonyl (C=O) groups is 1. The van der Waals surface area contributed by atoms with E-state index >= 15 is 0 Å². The maximum Gasteiger partial charge on any atom is 0.636 e. The Balaban J connectivity index is 3.38. The van der Waals surface area contributed by atoms with Gasteiger partial charge in [-0.15, -0.1) is 4.52 Å². The van der Waals surface area contributed by atoms with Crippen LogP contribution in [-0.2, 0) is 13.8 Å². The Hall–Kier alpha value is -0.470. The van der Waals surface area contributed by atoms with E-state index < -0.39 is 13.7 Å². The molecule has 12 heavy (non-hydrogen) atoms. The van der Waals surface area contributed by atoms with Gasteiger partial charge in [-0.3, -0.25) is 0 Å². The molecule has 0 aromatic carbocycles. The van der Waals surface area contributed by atoms with Gasteiger partial charge in [0.15, 0.2) is 0 Å². The molecule has 0 aromatic rings. The molecule has 1 atom stereocenters. The standard InChI is InChI=1S/C7H14O4P/c1-3-4-5-6-11-12(9)7(8)10-2/h3-6H2,1-2H3/q+1. The van der Waals surface area contributed by atoms with Gasteiger partial charge in [0.25, 0.3) is 0 Å². The van der Waals surface area contributed by atoms with Crippen molar-refractivity contribution < 1.29 is 18.6 Å². The number of rotatable bonds is 6. The van der Waals surface area contributed by atoms with Crippen molar-refractivity contribution in [3.05, 3.63) is 0 Å². The maximum absolute atomic E-state index is 10.8. The summed E-state index contributed by atoms with van der Waals surface area (Å²) >= 11 is 0. The van der Waals surface area contributed by atoms with Crippen LogP contribution in [0.2, 0.25) is 0 Å². The highest BCUT2D eigenvalue weighted by Gasteiger charge is 2.32. The highest BCUT2D eigenvalue weighted by molar-refractivity contribution is 7.58. The lowest BCUT2D eigenvalue weighted by Gasteiger charge is -1.90. The van der Waals surface area contributed by atoms with Gasteiger partial charge in [0, 0.05) is 0 Å². The van der Waals surface area contributed by atoms with Crippen LogP contribution in [0, 0.1) is 0 Å². The second kappa shape index (κ2) is 7.19. The van der Waals surface area contributed by atoms with Gasteiger partial charge in [0.1, 0.15) is 6.61 Å². The van der Waals surface area contributed by atoms with Gasteiger partial charge >= 0.3 is 13.7 Å². The van der Waals surface area contributed by atoms with Crippen LogP contribution >= 0.6 is 8.03 Å². The summed E-state index contributed by atoms with van der Waals surface area (Å²) in [6.07, 6.45) is 2.91. The van der Waals surface area contributed by atoms with Crippen molar-refractivity contribution in [2.75, 3.05) is 13.7 Å². The summed E-state index contributed by atoms with van der Waals surface area (Å²) < 4.78 is 19.7. The van der Waals surface area contributed by atoms with Gasteiger partial charge in [-0.1, -0.05) is 19.8 Å². The highest BCUT2D eigenvalue weighted by atomic mass is 31.1. The molecule has 0 saturated heterocycles. The highest BCUT2D eigenvalue weighted by Crippen LogP contribution is 2.24. The van der Waals surface area contributed by atoms with Crippen LogP contribution in [0.1, 0.15) is 26.2 Å². The number of hydrogen-bond donors (Lipinski definition) is 0. The van der Waals surface area contributed by atoms with E-state index in [1.54, 1.807) is 0 Å². The summed E-state index contributed by atoms with van der Waals surface area (Å²) in [4.78, 5) is 10.5. The van der Waals surface area contributed by atoms with E-state index in [-0.39, 0.29) is 0 Å². The third kappa shape index (κ3) is 5.22. The molecule has 1 unspecified atom stereocenters. The van der Waals surface area contributed by atoms with Crippen molar-refractivity contribution in [3.8, 4) is 0 Å². The minimum atomic E-state index is -2.27. The average Bonchev–Trinajstić information content (AvgIpc) is 2.10. The molecule has 0 aliphatic rings. The Morgan fingerprint density at radius 3 is 2.58 bits per heavy atom. The van der Waals surface area contributed by atoms with Gasteiger partial charge in [-0.05, 0) is 11.0 Å². The predicted octanol–water partition coefficient (Wildman–Crippen LogP) is 2.70. The molecule has 0 fully saturated rings. The van der Waals surface area contributed by atoms with Gasteiger partial charge in [0.05, 0.1) is 7.11 Å². The molecule has 0 aliphatic heterocycles. The van der Waals surface area contributed by atoms with E-state index in [0.717, 1.165) is 19.3 Å². The van der Waals surface area contributed by atoms with Crippen LogP contribution in [0.4, 0.5) is 4.79 Å². The van der Waals surface area contributed by atoms with E-state index in [4.69, 9.17) is 4.52 Å². The summed E-state index contributed by atoms with van der Waals surface area (Å²) in [6, 6.07) is 0. The second-order valence-electron chi connectivity index (χ2n) is 2.27. The molecule has 0 heterocycles. The first-order chi connectivity index (χ1) is 5.72. The Labute approximate surface area is 73.1 Å². The molecule has 0 bridgehead atoms. The third-order valence-corrected chi connectivity index (χ3v) is 2.18. The van der Waals surface area contributed by atoms with Crippen molar-refractivity contribution in [1.82, 2.24) is 0 Å². The molecule has 0 rings (SSSR count). The zero-order valence-electron chi connectivity index (χ0n) is 7.41. The Bertz CT molecular complexity index is 157. The SMILES string of the molecule is CCCCCO[P+](=O)C(=O)OC. The fraction of sp³-hybridized carbons (Fsp3) is 0.857. The van der Waals surface area contributed by atoms with E-state index in [9.17, 15) is 9.36 Å². The minimum Gasteiger partial charge on any atom is -0.429 e. The molecule has 0 saturated carbocycles. The third-order valence-electron chi connectivity index (χ3n) is 1.28. The lowest BCUT2D eigenvalue weighted by atomic mass is 10.3. The van der Waals surface area contributed by atoms with Gasteiger partial charge in [-0.2, -0.15) is 4.79 Å². The predicted molar refractivity (Wildman–Crippen MR) is 45.5 cm³/mol. The molecular formula is C7H14O4P+. The average molecular weight is 193 g/mol. The largest absolute Gasteiger partial charge is 0.636 e. The summed E-state index contributed by atoms with van der Waals surface area (Å²) in [5, 5.41) is 0. The van der Waals surface area contributed by atoms with Crippen molar-refractivity contribution >= 4 is 13.7 Å². The van der Waals surface area contributed by atoms with Crippen LogP contribution in [-0.4, -0.2) is 19.4 Å². The zero-order chi connectivity index (χ0) is 9.40. The Morgan fingerprint density at radius 2 is 2.08 bits per heavy atom. The minimum absolute atomic E-state index is 0.359. The van der Waals surface area contributed by atoms with Crippen molar-refractivity contribution in [1.29, 1.82) is 0 Å². The zero-order valence-corrected chi connectivity index (χ0v) is 8.30. The molecule has 0 spiro atoms. The molecule has 0 amide bonds. The van der Waals surface area contributed by atoms with Crippen molar-refractivity contribution in [2.24, 2.45) is 0 Å². The quantitative estimate of drug-likeness (QED) is 0.480. The van der Waals surface area contributed by atoms with E-state index in [1.807, 2.05) is 0 Å². The van der Waals surface area contributed by atoms with Crippen LogP contribution in [0.25, 0.3) is 0 Å². The summed E-state index contributed by atoms with van der Waals surface area (Å²) in [5.74, 6) is 0. The number of methoxy groups -OCH3 is 1. The first-order valence-corrected chi connectivity index (χ1v) is 5.08. The van der Waals surface area contributed by atoms with E-state index in [2.05, 4.69) is 11.7 Å². The Kier molecular flexibility index (Phi) is 6.91. The van der Waals surface area contributed by atoms with Crippen LogP contribution < -0.4 is 0 Å². The molecule has 5 heteroatoms. The number of ether oxygens (including phenoxy) is 1. The van der Waals surface area contributed by atoms with Crippen LogP contribution in [0.15, 0.2) is 0 Å². The topological polar surface area (TPSA) is 52.6 Å². The van der Waals surface area contributed by atoms with Gasteiger partial charge in [0.2, 0.25) is 0 Å². The normalized spacial score (nSPS) is 11.0. The van der Waals surface area contributed by atoms with E-state index in [1.165, 1.54) is 7.11 Å². The molecule has 70 valence electrons. The van der Waals surface area contributed by atoms with Crippen LogP contribution in [0.5, 0.6) is 0 Å². The molecule has 0 radical (unpaired) electrons. The molecule has 0 aliphatic carbocycles. The van der Waals surface area contributed by atoms with E-state index in [0.29, 0.717) is 6.61 Å². The first kappa shape index (κ1) is 11.5. The lowest BCUT2D eigenvalue weighted by molar-refractivity contribution is 0.191. The number of hydrogen-bond acceptors (Lipinski definition) is 4. The molecule has 0 aromatic heterocycles. The van der Waals surface area contributed by atoms with Gasteiger partial charge < -0.3 is 4.74 Å². The smallest absolute Gasteiger partial charge is 0.429 e. The monoisotopic (exact) mass is 193 g/mol. The van der Waals surface area contributed by atoms with Gasteiger partial charge in [-0.25, -0.2) is 0 Å². The fourth-order valence-electron chi connectivity index (χ4n) is 0.627. The molecular weight excluding hydrogens is 179 g/mol. The Morgan fingerprint density at radius 1 is 1.42 bits per heavy atom. The first-order valence-electron chi connectivity index (χ1n) is 3.90. The molecule has 4 nitrogen and oxygen atoms in total. The van der Waals surface area contributed by atoms with Crippen molar-refractivity contribution in [2.45, 2.75) is 26.2 Å². The summed E-state index contributed by atoms with van der Waals surface area (Å²) in [7, 11) is -1.08.